The van der Waals surface area contributed by atoms with E-state index in [4.69, 9.17) is 33.4 Å². The normalized spacial score (nSPS) is 12.6. The molecule has 0 saturated carbocycles. The molecule has 0 atom stereocenters. The number of halogens is 2. The number of aliphatic imine (C=N–C) groups is 1. The molecule has 0 aromatic heterocycles. The van der Waals surface area contributed by atoms with Gasteiger partial charge in [0.15, 0.2) is 5.78 Å². The zero-order chi connectivity index (χ0) is 17.5. The fraction of sp³-hybridized carbons (Fsp3) is 0. The highest BCUT2D eigenvalue weighted by atomic mass is 35.5. The summed E-state index contributed by atoms with van der Waals surface area (Å²) in [4.78, 5) is 15.1. The van der Waals surface area contributed by atoms with E-state index >= 15 is 0 Å². The van der Waals surface area contributed by atoms with E-state index in [0.717, 1.165) is 11.4 Å². The van der Waals surface area contributed by atoms with Crippen molar-refractivity contribution in [3.63, 3.8) is 0 Å². The molecule has 0 unspecified atom stereocenters. The van der Waals surface area contributed by atoms with Gasteiger partial charge in [0.1, 0.15) is 16.5 Å². The molecule has 122 valence electrons. The number of benzene rings is 2. The molecule has 1 aliphatic carbocycles. The number of carbonyl (C=O) groups excluding carboxylic acids is 1. The van der Waals surface area contributed by atoms with Crippen LogP contribution in [0.4, 0.5) is 5.69 Å². The van der Waals surface area contributed by atoms with Crippen molar-refractivity contribution in [1.82, 2.24) is 0 Å². The molecule has 0 amide bonds. The Morgan fingerprint density at radius 2 is 1.46 bits per heavy atom. The number of rotatable bonds is 1. The van der Waals surface area contributed by atoms with Crippen molar-refractivity contribution in [2.45, 2.75) is 0 Å². The van der Waals surface area contributed by atoms with Crippen LogP contribution in [-0.4, -0.2) is 21.7 Å². The van der Waals surface area contributed by atoms with Crippen LogP contribution in [0, 0.1) is 0 Å². The molecule has 3 rings (SSSR count). The van der Waals surface area contributed by atoms with Gasteiger partial charge >= 0.3 is 0 Å². The van der Waals surface area contributed by atoms with Gasteiger partial charge in [-0.05, 0) is 60.7 Å². The second-order valence-corrected chi connectivity index (χ2v) is 5.48. The number of ketones is 1. The standard InChI is InChI=1S/C12H9NO2.C6H4Cl2O/c14-11-5-1-9(2-6-11)13-10-3-7-12(15)8-4-10;7-4-2-1-3-5(9)6(4)8/h1-8,14H;1-3,9H. The number of hydrogen-bond donors (Lipinski definition) is 2. The predicted molar refractivity (Wildman–Crippen MR) is 96.6 cm³/mol. The molecule has 0 aliphatic heterocycles. The Balaban J connectivity index is 0.000000198. The van der Waals surface area contributed by atoms with E-state index in [0.29, 0.717) is 5.02 Å². The van der Waals surface area contributed by atoms with Crippen LogP contribution in [0.3, 0.4) is 0 Å². The molecule has 2 N–H and O–H groups in total. The molecule has 0 heterocycles. The molecule has 0 radical (unpaired) electrons. The predicted octanol–water partition coefficient (Wildman–Crippen LogP) is 4.86. The topological polar surface area (TPSA) is 69.9 Å². The summed E-state index contributed by atoms with van der Waals surface area (Å²) >= 11 is 11.0. The van der Waals surface area contributed by atoms with E-state index in [9.17, 15) is 4.79 Å². The van der Waals surface area contributed by atoms with Gasteiger partial charge in [-0.15, -0.1) is 0 Å². The van der Waals surface area contributed by atoms with E-state index in [2.05, 4.69) is 4.99 Å². The number of allylic oxidation sites excluding steroid dienone is 4. The Kier molecular flexibility index (Phi) is 6.18. The molecular formula is C18H13Cl2NO3. The van der Waals surface area contributed by atoms with Crippen molar-refractivity contribution in [3.05, 3.63) is 76.8 Å². The summed E-state index contributed by atoms with van der Waals surface area (Å²) in [7, 11) is 0. The molecular weight excluding hydrogens is 349 g/mol. The van der Waals surface area contributed by atoms with E-state index in [1.807, 2.05) is 0 Å². The van der Waals surface area contributed by atoms with Crippen LogP contribution in [0.5, 0.6) is 11.5 Å². The minimum absolute atomic E-state index is 0.0177. The van der Waals surface area contributed by atoms with Crippen LogP contribution in [0.2, 0.25) is 10.0 Å². The first kappa shape index (κ1) is 17.8. The summed E-state index contributed by atoms with van der Waals surface area (Å²) in [6.07, 6.45) is 6.27. The number of carbonyl (C=O) groups is 1. The van der Waals surface area contributed by atoms with Crippen molar-refractivity contribution >= 4 is 40.4 Å². The first-order valence-corrected chi connectivity index (χ1v) is 7.62. The summed E-state index contributed by atoms with van der Waals surface area (Å²) in [5.41, 5.74) is 1.46. The van der Waals surface area contributed by atoms with Crippen molar-refractivity contribution in [3.8, 4) is 11.5 Å². The molecule has 0 spiro atoms. The van der Waals surface area contributed by atoms with Crippen LogP contribution in [0.1, 0.15) is 0 Å². The largest absolute Gasteiger partial charge is 0.508 e. The highest BCUT2D eigenvalue weighted by Gasteiger charge is 2.00. The molecule has 6 heteroatoms. The first-order chi connectivity index (χ1) is 11.5. The molecule has 4 nitrogen and oxygen atoms in total. The number of hydrogen-bond acceptors (Lipinski definition) is 4. The van der Waals surface area contributed by atoms with Gasteiger partial charge < -0.3 is 10.2 Å². The monoisotopic (exact) mass is 361 g/mol. The second kappa shape index (κ2) is 8.34. The van der Waals surface area contributed by atoms with Crippen molar-refractivity contribution in [2.24, 2.45) is 4.99 Å². The summed E-state index contributed by atoms with van der Waals surface area (Å²) in [6, 6.07) is 11.3. The van der Waals surface area contributed by atoms with E-state index in [1.54, 1.807) is 48.6 Å². The number of phenols is 2. The second-order valence-electron chi connectivity index (χ2n) is 4.70. The maximum Gasteiger partial charge on any atom is 0.178 e. The van der Waals surface area contributed by atoms with E-state index in [1.165, 1.54) is 18.2 Å². The lowest BCUT2D eigenvalue weighted by Gasteiger charge is -1.99. The summed E-state index contributed by atoms with van der Waals surface area (Å²) < 4.78 is 0. The highest BCUT2D eigenvalue weighted by Crippen LogP contribution is 2.29. The minimum atomic E-state index is -0.0281. The average molecular weight is 362 g/mol. The fourth-order valence-electron chi connectivity index (χ4n) is 1.69. The Hall–Kier alpha value is -2.56. The number of aromatic hydroxyl groups is 2. The smallest absolute Gasteiger partial charge is 0.178 e. The van der Waals surface area contributed by atoms with Gasteiger partial charge in [-0.1, -0.05) is 29.3 Å². The summed E-state index contributed by atoms with van der Waals surface area (Å²) in [6.45, 7) is 0. The van der Waals surface area contributed by atoms with Gasteiger partial charge in [0.25, 0.3) is 0 Å². The Morgan fingerprint density at radius 1 is 0.833 bits per heavy atom. The fourth-order valence-corrected chi connectivity index (χ4v) is 1.98. The van der Waals surface area contributed by atoms with Gasteiger partial charge in [-0.2, -0.15) is 0 Å². The molecule has 1 aliphatic rings. The van der Waals surface area contributed by atoms with Crippen LogP contribution < -0.4 is 0 Å². The molecule has 0 fully saturated rings. The Morgan fingerprint density at radius 3 is 2.00 bits per heavy atom. The zero-order valence-electron chi connectivity index (χ0n) is 12.4. The lowest BCUT2D eigenvalue weighted by Crippen LogP contribution is -1.98. The third-order valence-corrected chi connectivity index (χ3v) is 3.68. The van der Waals surface area contributed by atoms with Crippen LogP contribution in [0.25, 0.3) is 0 Å². The zero-order valence-corrected chi connectivity index (χ0v) is 13.9. The number of phenolic OH excluding ortho intramolecular Hbond substituents is 2. The Labute approximate surface area is 149 Å². The summed E-state index contributed by atoms with van der Waals surface area (Å²) in [5.74, 6) is 0.202. The van der Waals surface area contributed by atoms with Crippen molar-refractivity contribution < 1.29 is 15.0 Å². The first-order valence-electron chi connectivity index (χ1n) is 6.86. The molecule has 0 saturated heterocycles. The molecule has 0 bridgehead atoms. The van der Waals surface area contributed by atoms with Crippen LogP contribution in [-0.2, 0) is 4.79 Å². The van der Waals surface area contributed by atoms with Gasteiger partial charge in [0.05, 0.1) is 16.4 Å². The quantitative estimate of drug-likeness (QED) is 0.712. The van der Waals surface area contributed by atoms with Crippen LogP contribution in [0.15, 0.2) is 71.8 Å². The molecule has 24 heavy (non-hydrogen) atoms. The van der Waals surface area contributed by atoms with Crippen molar-refractivity contribution in [1.29, 1.82) is 0 Å². The van der Waals surface area contributed by atoms with E-state index < -0.39 is 0 Å². The van der Waals surface area contributed by atoms with Gasteiger partial charge in [0.2, 0.25) is 0 Å². The van der Waals surface area contributed by atoms with Crippen LogP contribution >= 0.6 is 23.2 Å². The lowest BCUT2D eigenvalue weighted by atomic mass is 10.1. The third kappa shape index (κ3) is 5.26. The SMILES string of the molecule is O=C1C=CC(=Nc2ccc(O)cc2)C=C1.Oc1cccc(Cl)c1Cl. The maximum atomic E-state index is 10.8. The number of nitrogens with zero attached hydrogens (tertiary/aromatic N) is 1. The maximum absolute atomic E-state index is 10.8. The molecule has 2 aromatic rings. The third-order valence-electron chi connectivity index (χ3n) is 2.88. The minimum Gasteiger partial charge on any atom is -0.508 e. The summed E-state index contributed by atoms with van der Waals surface area (Å²) in [5, 5.41) is 18.5. The lowest BCUT2D eigenvalue weighted by molar-refractivity contribution is -0.110. The van der Waals surface area contributed by atoms with Crippen molar-refractivity contribution in [2.75, 3.05) is 0 Å². The van der Waals surface area contributed by atoms with E-state index in [-0.39, 0.29) is 22.3 Å². The molecule has 2 aromatic carbocycles. The van der Waals surface area contributed by atoms with Gasteiger partial charge in [-0.3, -0.25) is 4.79 Å². The van der Waals surface area contributed by atoms with Gasteiger partial charge in [0, 0.05) is 0 Å². The Bertz CT molecular complexity index is 786. The van der Waals surface area contributed by atoms with Gasteiger partial charge in [-0.25, -0.2) is 4.99 Å². The average Bonchev–Trinajstić information content (AvgIpc) is 2.57. The highest BCUT2D eigenvalue weighted by molar-refractivity contribution is 6.42.